The fourth-order valence-corrected chi connectivity index (χ4v) is 10.9. The molecule has 8 aromatic rings. The van der Waals surface area contributed by atoms with Crippen molar-refractivity contribution in [2.75, 3.05) is 68.7 Å². The highest BCUT2D eigenvalue weighted by atomic mass is 19.4. The number of methoxy groups -OCH3 is 1. The Labute approximate surface area is 473 Å². The van der Waals surface area contributed by atoms with Crippen molar-refractivity contribution in [1.29, 1.82) is 0 Å². The van der Waals surface area contributed by atoms with Gasteiger partial charge in [0.1, 0.15) is 41.1 Å². The number of anilines is 3. The number of piperazine rings is 1. The normalized spacial score (nSPS) is 14.5. The van der Waals surface area contributed by atoms with Gasteiger partial charge in [0.15, 0.2) is 0 Å². The zero-order valence-electron chi connectivity index (χ0n) is 45.3. The molecule has 2 aliphatic heterocycles. The van der Waals surface area contributed by atoms with Crippen LogP contribution in [0, 0.1) is 11.6 Å². The van der Waals surface area contributed by atoms with Gasteiger partial charge < -0.3 is 40.0 Å². The number of alkyl halides is 3. The third kappa shape index (κ3) is 12.7. The van der Waals surface area contributed by atoms with E-state index >= 15 is 13.6 Å². The third-order valence-corrected chi connectivity index (χ3v) is 15.1. The lowest BCUT2D eigenvalue weighted by Gasteiger charge is -2.38. The fourth-order valence-electron chi connectivity index (χ4n) is 10.9. The van der Waals surface area contributed by atoms with Crippen molar-refractivity contribution in [2.24, 2.45) is 10.7 Å². The van der Waals surface area contributed by atoms with Crippen molar-refractivity contribution < 1.29 is 45.8 Å². The van der Waals surface area contributed by atoms with E-state index in [1.54, 1.807) is 19.2 Å². The molecule has 0 aromatic heterocycles. The molecule has 0 aliphatic carbocycles. The molecule has 2 heterocycles. The molecule has 0 unspecified atom stereocenters. The summed E-state index contributed by atoms with van der Waals surface area (Å²) in [7, 11) is 3.58. The number of nitrogens with two attached hydrogens (primary N) is 1. The Morgan fingerprint density at radius 3 is 1.82 bits per heavy atom. The molecular weight excluding hydrogens is 1050 g/mol. The van der Waals surface area contributed by atoms with Gasteiger partial charge >= 0.3 is 12.1 Å². The summed E-state index contributed by atoms with van der Waals surface area (Å²) in [6.07, 6.45) is -5.16. The van der Waals surface area contributed by atoms with Crippen LogP contribution in [0.3, 0.4) is 0 Å². The van der Waals surface area contributed by atoms with Crippen LogP contribution in [0.4, 0.5) is 39.0 Å². The highest BCUT2D eigenvalue weighted by molar-refractivity contribution is 6.15. The minimum Gasteiger partial charge on any atom is -0.497 e. The Hall–Kier alpha value is -8.86. The first-order valence-electron chi connectivity index (χ1n) is 27.0. The molecule has 2 saturated heterocycles. The number of carbonyl (C=O) groups excluding carboxylic acids is 2. The smallest absolute Gasteiger partial charge is 0.471 e. The third-order valence-electron chi connectivity index (χ3n) is 15.1. The van der Waals surface area contributed by atoms with Gasteiger partial charge in [0.05, 0.1) is 18.4 Å². The first kappa shape index (κ1) is 56.4. The monoisotopic (exact) mass is 1110 g/mol. The number of hydrogen-bond acceptors (Lipinski definition) is 8. The molecule has 0 saturated carbocycles. The van der Waals surface area contributed by atoms with Crippen molar-refractivity contribution >= 4 is 34.7 Å². The number of nitrogens with one attached hydrogen (secondary N) is 1. The number of carbonyl (C=O) groups is 2. The van der Waals surface area contributed by atoms with E-state index < -0.39 is 41.2 Å². The lowest BCUT2D eigenvalue weighted by Crippen LogP contribution is -2.50. The van der Waals surface area contributed by atoms with Crippen LogP contribution in [0.5, 0.6) is 11.5 Å². The van der Waals surface area contributed by atoms with Crippen molar-refractivity contribution in [2.45, 2.75) is 43.6 Å². The summed E-state index contributed by atoms with van der Waals surface area (Å²) >= 11 is 0. The Morgan fingerprint density at radius 1 is 0.683 bits per heavy atom. The van der Waals surface area contributed by atoms with Gasteiger partial charge in [-0.1, -0.05) is 115 Å². The maximum Gasteiger partial charge on any atom is 0.471 e. The van der Waals surface area contributed by atoms with Crippen molar-refractivity contribution in [3.05, 3.63) is 244 Å². The Balaban J connectivity index is 1.17. The largest absolute Gasteiger partial charge is 0.497 e. The van der Waals surface area contributed by atoms with Gasteiger partial charge in [-0.25, -0.2) is 8.78 Å². The second kappa shape index (κ2) is 24.9. The molecular formula is C66H61F5N6O5. The number of halogens is 5. The Morgan fingerprint density at radius 2 is 1.26 bits per heavy atom. The molecule has 11 nitrogen and oxygen atoms in total. The van der Waals surface area contributed by atoms with E-state index in [2.05, 4.69) is 15.2 Å². The predicted octanol–water partition coefficient (Wildman–Crippen LogP) is 12.6. The van der Waals surface area contributed by atoms with Gasteiger partial charge in [-0.3, -0.25) is 9.59 Å². The number of nitrogens with zero attached hydrogens (tertiary/aromatic N) is 4. The molecule has 16 heteroatoms. The number of aliphatic imine (C=N–C) groups is 1. The summed E-state index contributed by atoms with van der Waals surface area (Å²) in [5.41, 5.74) is 12.0. The van der Waals surface area contributed by atoms with Gasteiger partial charge in [0, 0.05) is 68.4 Å². The van der Waals surface area contributed by atoms with Gasteiger partial charge in [-0.15, -0.1) is 0 Å². The second-order valence-corrected chi connectivity index (χ2v) is 20.5. The molecule has 0 spiro atoms. The Kier molecular flexibility index (Phi) is 17.1. The number of rotatable bonds is 17. The molecule has 0 radical (unpaired) electrons. The fraction of sp³-hybridized carbons (Fsp3) is 0.227. The standard InChI is InChI=1S/C66H61F5N6O5/c1-75-30-32-76(33-31-75)54-22-27-57(61(41-54)77(64(79)66(69,70)71)53-28-34-81-35-29-53)63(78)73-62(72)59-39-47(36-45-37-51(67)40-52(68)38-45)58(46-20-25-56(26-21-46)82-43-44-18-23-55(80-2)24-19-44)42-60(59)74-65(48-12-6-3-7-13-48,49-14-8-4-9-15-49)50-16-10-5-11-17-50/h3-27,37-42,53,74H,28-36,43H2,1-2H3,(H2,72,73,78). The van der Waals surface area contributed by atoms with E-state index in [1.165, 1.54) is 24.3 Å². The maximum absolute atomic E-state index is 15.2. The van der Waals surface area contributed by atoms with Crippen LogP contribution in [0.1, 0.15) is 62.1 Å². The minimum absolute atomic E-state index is 0.0348. The molecule has 8 aromatic carbocycles. The quantitative estimate of drug-likeness (QED) is 0.0397. The maximum atomic E-state index is 15.2. The molecule has 2 aliphatic rings. The average molecular weight is 1110 g/mol. The second-order valence-electron chi connectivity index (χ2n) is 20.5. The lowest BCUT2D eigenvalue weighted by atomic mass is 9.76. The lowest BCUT2D eigenvalue weighted by molar-refractivity contribution is -0.171. The van der Waals surface area contributed by atoms with Gasteiger partial charge in [0.2, 0.25) is 0 Å². The average Bonchev–Trinajstić information content (AvgIpc) is 3.67. The van der Waals surface area contributed by atoms with Crippen LogP contribution in [0.25, 0.3) is 11.1 Å². The number of ether oxygens (including phenoxy) is 3. The van der Waals surface area contributed by atoms with E-state index in [-0.39, 0.29) is 67.3 Å². The highest BCUT2D eigenvalue weighted by Gasteiger charge is 2.47. The molecule has 0 atom stereocenters. The van der Waals surface area contributed by atoms with Crippen LogP contribution >= 0.6 is 0 Å². The summed E-state index contributed by atoms with van der Waals surface area (Å²) in [5.74, 6) is -3.77. The zero-order chi connectivity index (χ0) is 57.4. The molecule has 0 bridgehead atoms. The summed E-state index contributed by atoms with van der Waals surface area (Å²) in [4.78, 5) is 38.3. The van der Waals surface area contributed by atoms with Crippen LogP contribution in [0.2, 0.25) is 0 Å². The number of hydrogen-bond donors (Lipinski definition) is 2. The van der Waals surface area contributed by atoms with E-state index in [1.807, 2.05) is 158 Å². The number of benzene rings is 8. The summed E-state index contributed by atoms with van der Waals surface area (Å²) < 4.78 is 91.8. The Bertz CT molecular complexity index is 3420. The van der Waals surface area contributed by atoms with Gasteiger partial charge in [0.25, 0.3) is 5.91 Å². The molecule has 3 N–H and O–H groups in total. The van der Waals surface area contributed by atoms with Gasteiger partial charge in [-0.2, -0.15) is 18.2 Å². The predicted molar refractivity (Wildman–Crippen MR) is 310 cm³/mol. The molecule has 2 fully saturated rings. The molecule has 2 amide bonds. The SMILES string of the molecule is COc1ccc(COc2ccc(-c3cc(NC(c4ccccc4)(c4ccccc4)c4ccccc4)c(C(N)=NC(=O)c4ccc(N5CCN(C)CC5)cc4N(C(=O)C(F)(F)F)C4CCOCC4)cc3Cc3cc(F)cc(F)c3)cc2)cc1. The van der Waals surface area contributed by atoms with Crippen molar-refractivity contribution in [3.63, 3.8) is 0 Å². The number of amides is 2. The van der Waals surface area contributed by atoms with Crippen LogP contribution in [-0.4, -0.2) is 88.3 Å². The van der Waals surface area contributed by atoms with Crippen LogP contribution in [0.15, 0.2) is 193 Å². The first-order chi connectivity index (χ1) is 39.7. The van der Waals surface area contributed by atoms with Crippen molar-refractivity contribution in [1.82, 2.24) is 4.90 Å². The topological polar surface area (TPSA) is 122 Å². The van der Waals surface area contributed by atoms with Crippen LogP contribution < -0.4 is 30.3 Å². The minimum atomic E-state index is -5.30. The van der Waals surface area contributed by atoms with E-state index in [4.69, 9.17) is 19.9 Å². The molecule has 420 valence electrons. The summed E-state index contributed by atoms with van der Waals surface area (Å²) in [6, 6.07) is 54.6. The van der Waals surface area contributed by atoms with Crippen LogP contribution in [-0.2, 0) is 28.1 Å². The zero-order valence-corrected chi connectivity index (χ0v) is 45.3. The van der Waals surface area contributed by atoms with Gasteiger partial charge in [-0.05, 0) is 138 Å². The molecule has 82 heavy (non-hydrogen) atoms. The number of likely N-dealkylation sites (N-methyl/N-ethyl adjacent to an activating group) is 1. The van der Waals surface area contributed by atoms with Crippen molar-refractivity contribution in [3.8, 4) is 22.6 Å². The van der Waals surface area contributed by atoms with E-state index in [0.717, 1.165) is 28.3 Å². The summed E-state index contributed by atoms with van der Waals surface area (Å²) in [6.45, 7) is 2.94. The molecule has 10 rings (SSSR count). The number of amidine groups is 1. The summed E-state index contributed by atoms with van der Waals surface area (Å²) in [5, 5.41) is 3.91. The first-order valence-corrected chi connectivity index (χ1v) is 27.0. The van der Waals surface area contributed by atoms with E-state index in [9.17, 15) is 18.0 Å². The highest BCUT2D eigenvalue weighted by Crippen LogP contribution is 2.43. The van der Waals surface area contributed by atoms with E-state index in [0.29, 0.717) is 70.6 Å².